The van der Waals surface area contributed by atoms with Gasteiger partial charge in [0.2, 0.25) is 0 Å². The molecule has 5 nitrogen and oxygen atoms in total. The summed E-state index contributed by atoms with van der Waals surface area (Å²) in [5, 5.41) is 2.98. The van der Waals surface area contributed by atoms with Gasteiger partial charge in [0, 0.05) is 18.3 Å². The number of Topliss-reactive ketones (excluding diaryl/α,β-unsaturated/α-hetero) is 1. The van der Waals surface area contributed by atoms with Gasteiger partial charge in [0.25, 0.3) is 11.8 Å². The van der Waals surface area contributed by atoms with Crippen LogP contribution in [0.3, 0.4) is 0 Å². The third kappa shape index (κ3) is 2.07. The average molecular weight is 294 g/mol. The zero-order valence-corrected chi connectivity index (χ0v) is 12.2. The van der Waals surface area contributed by atoms with Crippen molar-refractivity contribution in [3.05, 3.63) is 59.2 Å². The molecule has 5 heteroatoms. The summed E-state index contributed by atoms with van der Waals surface area (Å²) in [5.41, 5.74) is 2.42. The molecule has 0 aromatic heterocycles. The highest BCUT2D eigenvalue weighted by Crippen LogP contribution is 2.29. The summed E-state index contributed by atoms with van der Waals surface area (Å²) in [6.07, 6.45) is 0. The van der Waals surface area contributed by atoms with Crippen LogP contribution in [0.2, 0.25) is 0 Å². The minimum Gasteiger partial charge on any atom is -0.388 e. The van der Waals surface area contributed by atoms with Crippen molar-refractivity contribution in [2.75, 3.05) is 17.3 Å². The van der Waals surface area contributed by atoms with Gasteiger partial charge in [-0.05, 0) is 43.3 Å². The Hall–Kier alpha value is -2.95. The maximum atomic E-state index is 12.5. The Kier molecular flexibility index (Phi) is 3.25. The van der Waals surface area contributed by atoms with Gasteiger partial charge in [-0.3, -0.25) is 14.4 Å². The number of imide groups is 1. The number of anilines is 2. The Morgan fingerprint density at radius 2 is 1.59 bits per heavy atom. The fourth-order valence-corrected chi connectivity index (χ4v) is 2.47. The van der Waals surface area contributed by atoms with E-state index < -0.39 is 5.91 Å². The number of rotatable bonds is 3. The summed E-state index contributed by atoms with van der Waals surface area (Å²) >= 11 is 0. The van der Waals surface area contributed by atoms with Crippen molar-refractivity contribution in [2.45, 2.75) is 6.92 Å². The lowest BCUT2D eigenvalue weighted by atomic mass is 10.0. The van der Waals surface area contributed by atoms with Gasteiger partial charge in [0.15, 0.2) is 5.78 Å². The molecule has 2 amide bonds. The molecule has 1 aliphatic heterocycles. The zero-order chi connectivity index (χ0) is 15.9. The van der Waals surface area contributed by atoms with Crippen molar-refractivity contribution in [3.63, 3.8) is 0 Å². The van der Waals surface area contributed by atoms with Crippen LogP contribution in [0.5, 0.6) is 0 Å². The molecule has 22 heavy (non-hydrogen) atoms. The van der Waals surface area contributed by atoms with Gasteiger partial charge < -0.3 is 5.32 Å². The van der Waals surface area contributed by atoms with E-state index in [0.717, 1.165) is 10.6 Å². The predicted octanol–water partition coefficient (Wildman–Crippen LogP) is 2.73. The summed E-state index contributed by atoms with van der Waals surface area (Å²) in [4.78, 5) is 37.5. The van der Waals surface area contributed by atoms with Crippen LogP contribution in [-0.4, -0.2) is 24.6 Å². The average Bonchev–Trinajstić information content (AvgIpc) is 2.78. The van der Waals surface area contributed by atoms with Crippen molar-refractivity contribution in [1.29, 1.82) is 0 Å². The molecule has 0 atom stereocenters. The maximum Gasteiger partial charge on any atom is 0.266 e. The van der Waals surface area contributed by atoms with E-state index >= 15 is 0 Å². The fraction of sp³-hybridized carbons (Fsp3) is 0.118. The number of carbonyl (C=O) groups is 3. The van der Waals surface area contributed by atoms with Gasteiger partial charge in [-0.25, -0.2) is 4.90 Å². The second-order valence-corrected chi connectivity index (χ2v) is 5.06. The van der Waals surface area contributed by atoms with Crippen molar-refractivity contribution < 1.29 is 14.4 Å². The van der Waals surface area contributed by atoms with E-state index in [1.54, 1.807) is 37.4 Å². The highest BCUT2D eigenvalue weighted by molar-refractivity contribution is 6.34. The molecular formula is C17H14N2O3. The lowest BCUT2D eigenvalue weighted by Gasteiger charge is -2.14. The van der Waals surface area contributed by atoms with E-state index in [1.165, 1.54) is 19.1 Å². The lowest BCUT2D eigenvalue weighted by Crippen LogP contribution is -2.29. The van der Waals surface area contributed by atoms with E-state index in [1.807, 2.05) is 0 Å². The predicted molar refractivity (Wildman–Crippen MR) is 83.6 cm³/mol. The molecule has 0 aliphatic carbocycles. The molecule has 2 aromatic carbocycles. The molecule has 0 radical (unpaired) electrons. The number of hydrogen-bond acceptors (Lipinski definition) is 4. The quantitative estimate of drug-likeness (QED) is 0.698. The topological polar surface area (TPSA) is 66.5 Å². The van der Waals surface area contributed by atoms with Gasteiger partial charge >= 0.3 is 0 Å². The Morgan fingerprint density at radius 3 is 2.18 bits per heavy atom. The summed E-state index contributed by atoms with van der Waals surface area (Å²) in [7, 11) is 1.79. The van der Waals surface area contributed by atoms with Crippen LogP contribution in [0.15, 0.2) is 42.5 Å². The molecule has 1 aliphatic rings. The summed E-state index contributed by atoms with van der Waals surface area (Å²) in [6, 6.07) is 11.6. The molecule has 0 fully saturated rings. The fourth-order valence-electron chi connectivity index (χ4n) is 2.47. The van der Waals surface area contributed by atoms with Crippen LogP contribution in [-0.2, 0) is 0 Å². The van der Waals surface area contributed by atoms with Gasteiger partial charge in [0.05, 0.1) is 16.8 Å². The largest absolute Gasteiger partial charge is 0.388 e. The van der Waals surface area contributed by atoms with Crippen LogP contribution in [0.4, 0.5) is 11.4 Å². The van der Waals surface area contributed by atoms with Crippen LogP contribution >= 0.6 is 0 Å². The standard InChI is InChI=1S/C17H14N2O3/c1-10(20)11-3-8-14-15(9-11)17(22)19(16(14)21)13-6-4-12(18-2)5-7-13/h3-9,18H,1-2H3. The van der Waals surface area contributed by atoms with Crippen molar-refractivity contribution in [3.8, 4) is 0 Å². The SMILES string of the molecule is CNc1ccc(N2C(=O)c3ccc(C(C)=O)cc3C2=O)cc1. The molecule has 1 N–H and O–H groups in total. The van der Waals surface area contributed by atoms with E-state index in [4.69, 9.17) is 0 Å². The number of carbonyl (C=O) groups excluding carboxylic acids is 3. The van der Waals surface area contributed by atoms with E-state index in [0.29, 0.717) is 16.8 Å². The Bertz CT molecular complexity index is 794. The molecule has 3 rings (SSSR count). The van der Waals surface area contributed by atoms with Crippen molar-refractivity contribution >= 4 is 29.0 Å². The van der Waals surface area contributed by atoms with Crippen LogP contribution < -0.4 is 10.2 Å². The Labute approximate surface area is 127 Å². The minimum atomic E-state index is -0.402. The molecule has 0 unspecified atom stereocenters. The number of benzene rings is 2. The molecule has 0 bridgehead atoms. The van der Waals surface area contributed by atoms with Gasteiger partial charge in [-0.15, -0.1) is 0 Å². The highest BCUT2D eigenvalue weighted by Gasteiger charge is 2.36. The number of ketones is 1. The van der Waals surface area contributed by atoms with Gasteiger partial charge in [-0.1, -0.05) is 6.07 Å². The molecule has 0 spiro atoms. The third-order valence-electron chi connectivity index (χ3n) is 3.71. The summed E-state index contributed by atoms with van der Waals surface area (Å²) < 4.78 is 0. The summed E-state index contributed by atoms with van der Waals surface area (Å²) in [6.45, 7) is 1.43. The smallest absolute Gasteiger partial charge is 0.266 e. The van der Waals surface area contributed by atoms with Gasteiger partial charge in [0.1, 0.15) is 0 Å². The molecule has 110 valence electrons. The first-order chi connectivity index (χ1) is 10.5. The number of fused-ring (bicyclic) bond motifs is 1. The molecule has 0 saturated heterocycles. The molecule has 1 heterocycles. The number of hydrogen-bond donors (Lipinski definition) is 1. The van der Waals surface area contributed by atoms with Crippen molar-refractivity contribution in [1.82, 2.24) is 0 Å². The van der Waals surface area contributed by atoms with Crippen LogP contribution in [0.25, 0.3) is 0 Å². The first-order valence-corrected chi connectivity index (χ1v) is 6.84. The highest BCUT2D eigenvalue weighted by atomic mass is 16.2. The molecule has 2 aromatic rings. The van der Waals surface area contributed by atoms with Crippen LogP contribution in [0.1, 0.15) is 38.0 Å². The van der Waals surface area contributed by atoms with E-state index in [9.17, 15) is 14.4 Å². The molecule has 0 saturated carbocycles. The number of nitrogens with one attached hydrogen (secondary N) is 1. The Morgan fingerprint density at radius 1 is 0.955 bits per heavy atom. The molecular weight excluding hydrogens is 280 g/mol. The Balaban J connectivity index is 2.03. The van der Waals surface area contributed by atoms with E-state index in [-0.39, 0.29) is 17.3 Å². The first kappa shape index (κ1) is 14.0. The van der Waals surface area contributed by atoms with Crippen LogP contribution in [0, 0.1) is 0 Å². The minimum absolute atomic E-state index is 0.139. The monoisotopic (exact) mass is 294 g/mol. The normalized spacial score (nSPS) is 13.3. The van der Waals surface area contributed by atoms with E-state index in [2.05, 4.69) is 5.32 Å². The third-order valence-corrected chi connectivity index (χ3v) is 3.71. The van der Waals surface area contributed by atoms with Gasteiger partial charge in [-0.2, -0.15) is 0 Å². The second kappa shape index (κ2) is 5.11. The van der Waals surface area contributed by atoms with Crippen molar-refractivity contribution in [2.24, 2.45) is 0 Å². The first-order valence-electron chi connectivity index (χ1n) is 6.84. The maximum absolute atomic E-state index is 12.5. The number of nitrogens with zero attached hydrogens (tertiary/aromatic N) is 1. The zero-order valence-electron chi connectivity index (χ0n) is 12.2. The summed E-state index contributed by atoms with van der Waals surface area (Å²) in [5.74, 6) is -0.910. The second-order valence-electron chi connectivity index (χ2n) is 5.06. The number of amides is 2. The lowest BCUT2D eigenvalue weighted by molar-refractivity contribution is 0.0925.